The van der Waals surface area contributed by atoms with Gasteiger partial charge in [0.2, 0.25) is 0 Å². The van der Waals surface area contributed by atoms with Crippen molar-refractivity contribution in [2.24, 2.45) is 5.73 Å². The fourth-order valence-corrected chi connectivity index (χ4v) is 3.05. The summed E-state index contributed by atoms with van der Waals surface area (Å²) in [5.41, 5.74) is 6.68. The first-order valence-corrected chi connectivity index (χ1v) is 7.71. The molecule has 2 rings (SSSR count). The van der Waals surface area contributed by atoms with E-state index in [9.17, 15) is 0 Å². The molecule has 3 N–H and O–H groups in total. The molecule has 3 nitrogen and oxygen atoms in total. The minimum absolute atomic E-state index is 0.242. The summed E-state index contributed by atoms with van der Waals surface area (Å²) in [5, 5.41) is 7.42. The van der Waals surface area contributed by atoms with E-state index in [2.05, 4.69) is 36.1 Å². The third kappa shape index (κ3) is 4.10. The number of anilines is 1. The summed E-state index contributed by atoms with van der Waals surface area (Å²) in [4.78, 5) is 5.06. The van der Waals surface area contributed by atoms with E-state index in [1.807, 2.05) is 29.5 Å². The van der Waals surface area contributed by atoms with Crippen LogP contribution < -0.4 is 10.6 Å². The Hall–Kier alpha value is -1.81. The molecule has 0 amide bonds. The smallest absolute Gasteiger partial charge is 0.0923 e. The summed E-state index contributed by atoms with van der Waals surface area (Å²) >= 11 is 1.86. The molecule has 4 heteroatoms. The Morgan fingerprint density at radius 2 is 1.85 bits per heavy atom. The number of hydrogen-bond acceptors (Lipinski definition) is 3. The number of nitrogens with one attached hydrogen (secondary N) is 1. The number of thiophene rings is 1. The van der Waals surface area contributed by atoms with E-state index in [1.54, 1.807) is 0 Å². The van der Waals surface area contributed by atoms with E-state index >= 15 is 0 Å². The third-order valence-electron chi connectivity index (χ3n) is 3.18. The number of benzene rings is 1. The summed E-state index contributed by atoms with van der Waals surface area (Å²) < 4.78 is 0. The number of para-hydroxylation sites is 1. The van der Waals surface area contributed by atoms with Gasteiger partial charge in [-0.3, -0.25) is 5.41 Å². The van der Waals surface area contributed by atoms with E-state index in [-0.39, 0.29) is 5.84 Å². The molecule has 106 valence electrons. The van der Waals surface area contributed by atoms with Crippen LogP contribution in [0.5, 0.6) is 0 Å². The first-order valence-electron chi connectivity index (χ1n) is 6.89. The summed E-state index contributed by atoms with van der Waals surface area (Å²) in [5.74, 6) is 0.242. The third-order valence-corrected chi connectivity index (χ3v) is 4.40. The first kappa shape index (κ1) is 14.6. The molecule has 0 fully saturated rings. The van der Waals surface area contributed by atoms with Crippen molar-refractivity contribution in [3.63, 3.8) is 0 Å². The van der Waals surface area contributed by atoms with Gasteiger partial charge in [-0.15, -0.1) is 11.3 Å². The average molecular weight is 287 g/mol. The molecule has 0 bridgehead atoms. The fourth-order valence-electron chi connectivity index (χ4n) is 2.08. The number of hydrogen-bond donors (Lipinski definition) is 2. The summed E-state index contributed by atoms with van der Waals surface area (Å²) in [6.07, 6.45) is 1.68. The Kier molecular flexibility index (Phi) is 5.18. The van der Waals surface area contributed by atoms with Crippen LogP contribution in [0.15, 0.2) is 42.5 Å². The highest BCUT2D eigenvalue weighted by Gasteiger charge is 2.09. The number of nitrogens with zero attached hydrogens (tertiary/aromatic N) is 1. The zero-order valence-electron chi connectivity index (χ0n) is 11.8. The Labute approximate surface area is 124 Å². The quantitative estimate of drug-likeness (QED) is 0.603. The SMILES string of the molecule is CCc1ccc(CN(CCC(=N)N)c2ccccc2)s1. The van der Waals surface area contributed by atoms with Crippen molar-refractivity contribution < 1.29 is 0 Å². The van der Waals surface area contributed by atoms with Crippen molar-refractivity contribution in [2.75, 3.05) is 11.4 Å². The molecular weight excluding hydrogens is 266 g/mol. The molecule has 1 aromatic carbocycles. The molecule has 20 heavy (non-hydrogen) atoms. The predicted octanol–water partition coefficient (Wildman–Crippen LogP) is 3.64. The van der Waals surface area contributed by atoms with Crippen molar-refractivity contribution in [1.29, 1.82) is 5.41 Å². The first-order chi connectivity index (χ1) is 9.69. The zero-order chi connectivity index (χ0) is 14.4. The van der Waals surface area contributed by atoms with Crippen LogP contribution in [0.2, 0.25) is 0 Å². The standard InChI is InChI=1S/C16H21N3S/c1-2-14-8-9-15(20-14)12-19(11-10-16(17)18)13-6-4-3-5-7-13/h3-9H,2,10-12H2,1H3,(H3,17,18). The predicted molar refractivity (Wildman–Crippen MR) is 87.7 cm³/mol. The van der Waals surface area contributed by atoms with E-state index in [4.69, 9.17) is 11.1 Å². The van der Waals surface area contributed by atoms with Crippen LogP contribution in [-0.2, 0) is 13.0 Å². The molecule has 2 aromatic rings. The lowest BCUT2D eigenvalue weighted by atomic mass is 10.2. The molecule has 0 saturated heterocycles. The Balaban J connectivity index is 2.11. The van der Waals surface area contributed by atoms with Crippen LogP contribution in [0, 0.1) is 5.41 Å². The Morgan fingerprint density at radius 1 is 1.15 bits per heavy atom. The van der Waals surface area contributed by atoms with Gasteiger partial charge in [-0.05, 0) is 30.7 Å². The molecule has 0 radical (unpaired) electrons. The van der Waals surface area contributed by atoms with Gasteiger partial charge >= 0.3 is 0 Å². The van der Waals surface area contributed by atoms with E-state index in [0.717, 1.165) is 19.5 Å². The van der Waals surface area contributed by atoms with Crippen molar-refractivity contribution in [1.82, 2.24) is 0 Å². The summed E-state index contributed by atoms with van der Waals surface area (Å²) in [6, 6.07) is 14.7. The Morgan fingerprint density at radius 3 is 2.45 bits per heavy atom. The van der Waals surface area contributed by atoms with E-state index < -0.39 is 0 Å². The summed E-state index contributed by atoms with van der Waals surface area (Å²) in [6.45, 7) is 3.83. The van der Waals surface area contributed by atoms with Crippen molar-refractivity contribution >= 4 is 22.9 Å². The number of aryl methyl sites for hydroxylation is 1. The monoisotopic (exact) mass is 287 g/mol. The molecular formula is C16H21N3S. The van der Waals surface area contributed by atoms with Gasteiger partial charge in [0, 0.05) is 28.4 Å². The van der Waals surface area contributed by atoms with Crippen LogP contribution in [0.25, 0.3) is 0 Å². The molecule has 0 aliphatic heterocycles. The molecule has 0 aliphatic carbocycles. The maximum Gasteiger partial charge on any atom is 0.0923 e. The van der Waals surface area contributed by atoms with Gasteiger partial charge in [0.05, 0.1) is 12.4 Å². The van der Waals surface area contributed by atoms with Gasteiger partial charge in [0.15, 0.2) is 0 Å². The molecule has 1 heterocycles. The fraction of sp³-hybridized carbons (Fsp3) is 0.312. The zero-order valence-corrected chi connectivity index (χ0v) is 12.6. The molecule has 0 unspecified atom stereocenters. The maximum absolute atomic E-state index is 7.42. The van der Waals surface area contributed by atoms with Crippen LogP contribution in [0.1, 0.15) is 23.1 Å². The topological polar surface area (TPSA) is 53.1 Å². The van der Waals surface area contributed by atoms with Crippen LogP contribution in [0.4, 0.5) is 5.69 Å². The number of nitrogens with two attached hydrogens (primary N) is 1. The van der Waals surface area contributed by atoms with Crippen molar-refractivity contribution in [3.05, 3.63) is 52.2 Å². The molecule has 0 spiro atoms. The van der Waals surface area contributed by atoms with Gasteiger partial charge in [-0.1, -0.05) is 25.1 Å². The van der Waals surface area contributed by atoms with Gasteiger partial charge in [-0.25, -0.2) is 0 Å². The van der Waals surface area contributed by atoms with Gasteiger partial charge in [0.1, 0.15) is 0 Å². The van der Waals surface area contributed by atoms with Gasteiger partial charge in [-0.2, -0.15) is 0 Å². The number of amidine groups is 1. The summed E-state index contributed by atoms with van der Waals surface area (Å²) in [7, 11) is 0. The molecule has 1 aromatic heterocycles. The second kappa shape index (κ2) is 7.10. The molecule has 0 aliphatic rings. The van der Waals surface area contributed by atoms with Gasteiger partial charge < -0.3 is 10.6 Å². The van der Waals surface area contributed by atoms with E-state index in [1.165, 1.54) is 15.4 Å². The molecule has 0 atom stereocenters. The van der Waals surface area contributed by atoms with Crippen molar-refractivity contribution in [2.45, 2.75) is 26.3 Å². The second-order valence-corrected chi connectivity index (χ2v) is 6.01. The van der Waals surface area contributed by atoms with Crippen LogP contribution in [0.3, 0.4) is 0 Å². The van der Waals surface area contributed by atoms with Gasteiger partial charge in [0.25, 0.3) is 0 Å². The highest BCUT2D eigenvalue weighted by Crippen LogP contribution is 2.22. The largest absolute Gasteiger partial charge is 0.388 e. The Bertz CT molecular complexity index is 548. The normalized spacial score (nSPS) is 10.4. The lowest BCUT2D eigenvalue weighted by Crippen LogP contribution is -2.27. The lowest BCUT2D eigenvalue weighted by Gasteiger charge is -2.24. The lowest BCUT2D eigenvalue weighted by molar-refractivity contribution is 0.810. The maximum atomic E-state index is 7.42. The highest BCUT2D eigenvalue weighted by molar-refractivity contribution is 7.12. The molecule has 0 saturated carbocycles. The highest BCUT2D eigenvalue weighted by atomic mass is 32.1. The van der Waals surface area contributed by atoms with Crippen molar-refractivity contribution in [3.8, 4) is 0 Å². The van der Waals surface area contributed by atoms with E-state index in [0.29, 0.717) is 6.42 Å². The van der Waals surface area contributed by atoms with Crippen LogP contribution >= 0.6 is 11.3 Å². The average Bonchev–Trinajstić information content (AvgIpc) is 2.92. The minimum Gasteiger partial charge on any atom is -0.388 e. The number of rotatable bonds is 7. The van der Waals surface area contributed by atoms with Crippen LogP contribution in [-0.4, -0.2) is 12.4 Å². The minimum atomic E-state index is 0.242. The second-order valence-electron chi connectivity index (χ2n) is 4.75.